The van der Waals surface area contributed by atoms with Gasteiger partial charge < -0.3 is 98.4 Å². The SMILES string of the molecule is C.CC(C)(C)OC(=O)NC(C)(C)C1CC[C@H](CN)C1.CC(C)(C)OC(=O)NC(C)(C)C1CC[C@H](CNC(=O)c2nc3ccc(-c4ccc(F)cc4)cc3[nH]2)C1.CC(C)(C)OC(=O)NC(C)(C)C1CN[C@H](CNC(=O)c2nc3ccc(-c4ccc(F)cc4)cc3[nH]2)C1.CC(C)(N)C1CN[C@H](CNC(=O)c2nc3ccc(-c4ccc(F)cc4)cc3[nH]2)C1.CO.Cl.O=C(O)c1nc2ccc(-c3ccc(F)cc3)cc2[nH]1.[HH]. The second-order valence-electron chi connectivity index (χ2n) is 41.7. The van der Waals surface area contributed by atoms with Gasteiger partial charge in [0, 0.05) is 75.5 Å². The van der Waals surface area contributed by atoms with Gasteiger partial charge in [-0.2, -0.15) is 0 Å². The first-order chi connectivity index (χ1) is 65.8. The van der Waals surface area contributed by atoms with Crippen molar-refractivity contribution in [1.29, 1.82) is 0 Å². The molecule has 8 atom stereocenters. The number of hydrogen-bond donors (Lipinski definition) is 16. The van der Waals surface area contributed by atoms with Crippen LogP contribution >= 0.6 is 12.4 Å². The summed E-state index contributed by atoms with van der Waals surface area (Å²) in [5, 5.41) is 40.6. The largest absolute Gasteiger partial charge is 0.475 e. The first-order valence-electron chi connectivity index (χ1n) is 47.4. The molecule has 4 fully saturated rings. The first kappa shape index (κ1) is 113. The molecule has 2 saturated heterocycles. The molecule has 4 aromatic heterocycles. The Kier molecular flexibility index (Phi) is 38.3. The summed E-state index contributed by atoms with van der Waals surface area (Å²) in [6.45, 7) is 36.8. The molecule has 0 bridgehead atoms. The van der Waals surface area contributed by atoms with Crippen LogP contribution in [0.5, 0.6) is 0 Å². The highest BCUT2D eigenvalue weighted by molar-refractivity contribution is 5.97. The van der Waals surface area contributed by atoms with Gasteiger partial charge in [0.05, 0.1) is 44.1 Å². The highest BCUT2D eigenvalue weighted by Gasteiger charge is 2.42. The van der Waals surface area contributed by atoms with Crippen LogP contribution in [0, 0.1) is 58.8 Å². The maximum atomic E-state index is 13.2. The lowest BCUT2D eigenvalue weighted by Gasteiger charge is -2.34. The fourth-order valence-corrected chi connectivity index (χ4v) is 17.6. The van der Waals surface area contributed by atoms with Gasteiger partial charge in [-0.15, -0.1) is 12.4 Å². The average Bonchev–Trinajstić information content (AvgIpc) is 1.67. The molecule has 2 aliphatic carbocycles. The summed E-state index contributed by atoms with van der Waals surface area (Å²) in [5.41, 5.74) is 21.7. The van der Waals surface area contributed by atoms with Crippen molar-refractivity contribution in [3.63, 3.8) is 0 Å². The van der Waals surface area contributed by atoms with Crippen molar-refractivity contribution in [2.24, 2.45) is 47.0 Å². The molecule has 30 nitrogen and oxygen atoms in total. The minimum atomic E-state index is -1.10. The van der Waals surface area contributed by atoms with Crippen LogP contribution in [-0.4, -0.2) is 189 Å². The van der Waals surface area contributed by atoms with E-state index in [1.54, 1.807) is 60.7 Å². The minimum Gasteiger partial charge on any atom is -0.475 e. The first-order valence-corrected chi connectivity index (χ1v) is 47.4. The molecule has 12 aromatic rings. The number of aliphatic hydroxyl groups is 1. The number of fused-ring (bicyclic) bond motifs is 4. The second kappa shape index (κ2) is 48.3. The number of aliphatic hydroxyl groups excluding tert-OH is 1. The molecule has 142 heavy (non-hydrogen) atoms. The number of benzene rings is 8. The van der Waals surface area contributed by atoms with Crippen LogP contribution in [0.2, 0.25) is 0 Å². The number of carbonyl (C=O) groups excluding carboxylic acids is 6. The van der Waals surface area contributed by atoms with Crippen molar-refractivity contribution in [1.82, 2.24) is 82.4 Å². The van der Waals surface area contributed by atoms with E-state index in [-0.39, 0.29) is 121 Å². The number of nitrogens with zero attached hydrogens (tertiary/aromatic N) is 4. The minimum absolute atomic E-state index is 0. The third-order valence-corrected chi connectivity index (χ3v) is 25.5. The maximum Gasteiger partial charge on any atom is 0.408 e. The van der Waals surface area contributed by atoms with Gasteiger partial charge in [-0.1, -0.05) is 80.2 Å². The van der Waals surface area contributed by atoms with Crippen molar-refractivity contribution in [3.8, 4) is 44.5 Å². The van der Waals surface area contributed by atoms with Gasteiger partial charge in [-0.05, 0) is 353 Å². The molecule has 2 aliphatic heterocycles. The average molecular weight is 1980 g/mol. The highest BCUT2D eigenvalue weighted by atomic mass is 35.5. The van der Waals surface area contributed by atoms with E-state index in [1.807, 2.05) is 165 Å². The van der Waals surface area contributed by atoms with E-state index < -0.39 is 46.0 Å². The summed E-state index contributed by atoms with van der Waals surface area (Å²) in [6.07, 6.45) is 6.81. The molecule has 8 aromatic carbocycles. The van der Waals surface area contributed by atoms with Gasteiger partial charge in [-0.25, -0.2) is 56.7 Å². The van der Waals surface area contributed by atoms with E-state index in [2.05, 4.69) is 96.3 Å². The Hall–Kier alpha value is -12.9. The number of ether oxygens (including phenoxy) is 3. The number of aromatic carboxylic acids is 1. The molecule has 768 valence electrons. The van der Waals surface area contributed by atoms with Crippen molar-refractivity contribution < 1.29 is 77.0 Å². The zero-order chi connectivity index (χ0) is 102. The number of halogens is 5. The summed E-state index contributed by atoms with van der Waals surface area (Å²) < 4.78 is 68.6. The number of alkyl carbamates (subject to hydrolysis) is 3. The number of H-pyrrole nitrogens is 4. The van der Waals surface area contributed by atoms with Crippen LogP contribution in [-0.2, 0) is 14.2 Å². The Balaban J connectivity index is 0.000000222. The third kappa shape index (κ3) is 32.3. The Bertz CT molecular complexity index is 6070. The number of nitrogens with one attached hydrogen (secondary N) is 12. The van der Waals surface area contributed by atoms with Gasteiger partial charge in [0.15, 0.2) is 17.5 Å². The highest BCUT2D eigenvalue weighted by Crippen LogP contribution is 2.40. The van der Waals surface area contributed by atoms with E-state index in [1.165, 1.54) is 55.0 Å². The van der Waals surface area contributed by atoms with E-state index in [9.17, 15) is 51.1 Å². The Morgan fingerprint density at radius 1 is 0.373 bits per heavy atom. The molecule has 18 N–H and O–H groups in total. The van der Waals surface area contributed by atoms with E-state index in [0.717, 1.165) is 133 Å². The summed E-state index contributed by atoms with van der Waals surface area (Å²) >= 11 is 0. The van der Waals surface area contributed by atoms with Gasteiger partial charge >= 0.3 is 24.2 Å². The van der Waals surface area contributed by atoms with Crippen LogP contribution < -0.4 is 54.0 Å². The monoisotopic (exact) mass is 1980 g/mol. The van der Waals surface area contributed by atoms with Gasteiger partial charge in [0.1, 0.15) is 40.1 Å². The molecular formula is C107H143ClF4N18O12. The molecule has 6 amide bonds. The molecule has 4 unspecified atom stereocenters. The zero-order valence-electron chi connectivity index (χ0n) is 83.5. The number of imidazole rings is 4. The quantitative estimate of drug-likeness (QED) is 0.0221. The predicted octanol–water partition coefficient (Wildman–Crippen LogP) is 19.7. The number of aromatic amines is 4. The number of amides is 6. The number of carboxylic acids is 1. The molecule has 35 heteroatoms. The lowest BCUT2D eigenvalue weighted by atomic mass is 9.85. The number of carboxylic acid groups (broad SMARTS) is 1. The Morgan fingerprint density at radius 2 is 0.634 bits per heavy atom. The summed E-state index contributed by atoms with van der Waals surface area (Å²) in [7, 11) is 1.00. The van der Waals surface area contributed by atoms with Gasteiger partial charge in [-0.3, -0.25) is 14.4 Å². The molecule has 6 heterocycles. The summed E-state index contributed by atoms with van der Waals surface area (Å²) in [5.74, 6) is -0.0121. The number of carbonyl (C=O) groups is 7. The number of hydrogen-bond acceptors (Lipinski definition) is 19. The second-order valence-corrected chi connectivity index (χ2v) is 41.7. The fourth-order valence-electron chi connectivity index (χ4n) is 17.6. The standard InChI is InChI=1S/C28H35FN4O3.C27H34FN5O3.C22H26FN5O.C14H9FN2O2.C14H28N2O2.CH4O.CH4.ClH.H2/c1-27(2,3)36-26(35)33-28(4,5)20-10-6-17(14-20)16-30-25(34)24-31-22-13-9-19(15-23(22)32-24)18-7-11-21(29)12-8-18;1-26(2,3)36-25(35)33-27(4,5)18-13-20(29-14-18)15-30-24(34)23-31-21-11-8-17(12-22(21)32-23)16-6-9-19(28)10-7-16;1-22(2,24)15-10-17(25-11-15)12-26-21(29)20-27-18-8-5-14(9-19(18)28-20)13-3-6-16(23)7-4-13;15-10-4-1-8(2-5-10)9-3-6-11-12(7-9)17-13(16-11)14(18)19;1-13(2,3)18-12(17)16-14(4,5)11-7-6-10(8-11)9-15;1-2;;;/h7-9,11-13,15,17,20H,6,10,14,16H2,1-5H3,(H,30,34)(H,31,32)(H,33,35);6-12,18,20,29H,13-15H2,1-5H3,(H,30,34)(H,31,32)(H,33,35);3-9,15,17,25H,10-12,24H2,1-2H3,(H,26,29)(H,27,28);1-7H,(H,16,17)(H,18,19);10-11H,6-9,15H2,1-5H3,(H,16,17);2H,1H3;1H4;2*1H/t17-,20?;18?,20-;15?,17-;;10-,11?;;;;/m000.0..../s1. The van der Waals surface area contributed by atoms with Crippen LogP contribution in [0.1, 0.15) is 220 Å². The summed E-state index contributed by atoms with van der Waals surface area (Å²) in [6, 6.07) is 47.6. The maximum absolute atomic E-state index is 13.2. The lowest BCUT2D eigenvalue weighted by molar-refractivity contribution is 0.0423. The van der Waals surface area contributed by atoms with Crippen LogP contribution in [0.25, 0.3) is 88.6 Å². The van der Waals surface area contributed by atoms with Gasteiger partial charge in [0.2, 0.25) is 5.82 Å². The third-order valence-electron chi connectivity index (χ3n) is 25.5. The molecule has 0 radical (unpaired) electrons. The van der Waals surface area contributed by atoms with Crippen molar-refractivity contribution in [3.05, 3.63) is 216 Å². The Labute approximate surface area is 835 Å². The fraction of sp³-hybridized carbons (Fsp3) is 0.449. The Morgan fingerprint density at radius 3 is 0.915 bits per heavy atom. The lowest BCUT2D eigenvalue weighted by Crippen LogP contribution is -2.51. The van der Waals surface area contributed by atoms with E-state index >= 15 is 0 Å². The van der Waals surface area contributed by atoms with E-state index in [4.69, 9.17) is 35.9 Å². The molecular weight excluding hydrogens is 1840 g/mol. The normalized spacial score (nSPS) is 17.9. The molecule has 16 rings (SSSR count). The van der Waals surface area contributed by atoms with Crippen molar-refractivity contribution in [2.75, 3.05) is 46.4 Å². The van der Waals surface area contributed by atoms with Gasteiger partial charge in [0.25, 0.3) is 17.7 Å². The van der Waals surface area contributed by atoms with Crippen LogP contribution in [0.15, 0.2) is 170 Å². The molecule has 2 saturated carbocycles. The van der Waals surface area contributed by atoms with Crippen molar-refractivity contribution >= 4 is 98.5 Å². The molecule has 0 spiro atoms. The van der Waals surface area contributed by atoms with Crippen LogP contribution in [0.3, 0.4) is 0 Å². The number of aromatic nitrogens is 8. The zero-order valence-corrected chi connectivity index (χ0v) is 84.3. The van der Waals surface area contributed by atoms with Crippen LogP contribution in [0.4, 0.5) is 31.9 Å². The number of rotatable bonds is 22. The number of nitrogens with two attached hydrogens (primary N) is 2. The smallest absolute Gasteiger partial charge is 0.408 e. The molecule has 4 aliphatic rings. The van der Waals surface area contributed by atoms with E-state index in [0.29, 0.717) is 76.8 Å². The topological polar surface area (TPSA) is 451 Å². The van der Waals surface area contributed by atoms with Crippen molar-refractivity contribution in [2.45, 2.75) is 228 Å². The summed E-state index contributed by atoms with van der Waals surface area (Å²) in [4.78, 5) is 114. The predicted molar refractivity (Wildman–Crippen MR) is 553 cm³/mol.